The van der Waals surface area contributed by atoms with Gasteiger partial charge in [-0.2, -0.15) is 4.39 Å². The highest BCUT2D eigenvalue weighted by molar-refractivity contribution is 9.10. The number of nitrogens with one attached hydrogen (secondary N) is 1. The molecule has 0 unspecified atom stereocenters. The summed E-state index contributed by atoms with van der Waals surface area (Å²) in [6.07, 6.45) is 0.975. The van der Waals surface area contributed by atoms with Gasteiger partial charge in [-0.1, -0.05) is 0 Å². The Hall–Kier alpha value is -1.89. The lowest BCUT2D eigenvalue weighted by molar-refractivity contribution is 0.102. The van der Waals surface area contributed by atoms with Crippen LogP contribution in [0.3, 0.4) is 0 Å². The van der Waals surface area contributed by atoms with Crippen molar-refractivity contribution in [3.05, 3.63) is 57.6 Å². The van der Waals surface area contributed by atoms with E-state index in [-0.39, 0.29) is 10.2 Å². The summed E-state index contributed by atoms with van der Waals surface area (Å²) in [7, 11) is 0. The minimum atomic E-state index is -1.36. The third-order valence-electron chi connectivity index (χ3n) is 2.61. The van der Waals surface area contributed by atoms with Crippen molar-refractivity contribution in [2.45, 2.75) is 6.92 Å². The molecular weight excluding hydrogens is 337 g/mol. The molecule has 1 amide bonds. The summed E-state index contributed by atoms with van der Waals surface area (Å²) < 4.78 is 40.0. The largest absolute Gasteiger partial charge is 0.322 e. The molecule has 0 spiro atoms. The molecule has 7 heteroatoms. The van der Waals surface area contributed by atoms with Crippen molar-refractivity contribution in [2.75, 3.05) is 5.32 Å². The van der Waals surface area contributed by atoms with Crippen LogP contribution in [0.25, 0.3) is 0 Å². The van der Waals surface area contributed by atoms with Crippen molar-refractivity contribution in [3.63, 3.8) is 0 Å². The number of amides is 1. The summed E-state index contributed by atoms with van der Waals surface area (Å²) in [6, 6.07) is 3.60. The standard InChI is InChI=1S/C13H8BrF3N2O/c1-6-4-8(14)9(15)5-10(6)19-13(20)7-2-3-18-12(17)11(7)16/h2-5H,1H3,(H,19,20). The summed E-state index contributed by atoms with van der Waals surface area (Å²) in [4.78, 5) is 14.9. The molecule has 2 rings (SSSR count). The van der Waals surface area contributed by atoms with Gasteiger partial charge in [0.2, 0.25) is 5.95 Å². The molecule has 1 aromatic heterocycles. The molecule has 0 saturated carbocycles. The number of anilines is 1. The normalized spacial score (nSPS) is 10.4. The zero-order valence-electron chi connectivity index (χ0n) is 10.2. The van der Waals surface area contributed by atoms with Crippen LogP contribution in [0.2, 0.25) is 0 Å². The highest BCUT2D eigenvalue weighted by Gasteiger charge is 2.17. The van der Waals surface area contributed by atoms with Crippen LogP contribution >= 0.6 is 15.9 Å². The molecule has 3 nitrogen and oxygen atoms in total. The number of carbonyl (C=O) groups excluding carboxylic acids is 1. The molecule has 0 bridgehead atoms. The Morgan fingerprint density at radius 1 is 1.30 bits per heavy atom. The summed E-state index contributed by atoms with van der Waals surface area (Å²) in [5.74, 6) is -4.17. The van der Waals surface area contributed by atoms with Crippen molar-refractivity contribution in [1.82, 2.24) is 4.98 Å². The Bertz CT molecular complexity index is 692. The highest BCUT2D eigenvalue weighted by Crippen LogP contribution is 2.24. The van der Waals surface area contributed by atoms with Crippen molar-refractivity contribution in [3.8, 4) is 0 Å². The van der Waals surface area contributed by atoms with E-state index in [1.807, 2.05) is 0 Å². The zero-order valence-corrected chi connectivity index (χ0v) is 11.8. The lowest BCUT2D eigenvalue weighted by atomic mass is 10.1. The minimum absolute atomic E-state index is 0.173. The predicted molar refractivity (Wildman–Crippen MR) is 70.9 cm³/mol. The molecule has 0 aliphatic heterocycles. The Labute approximate surface area is 121 Å². The first-order chi connectivity index (χ1) is 9.40. The number of benzene rings is 1. The predicted octanol–water partition coefficient (Wildman–Crippen LogP) is 3.82. The fourth-order valence-corrected chi connectivity index (χ4v) is 2.02. The second-order valence-electron chi connectivity index (χ2n) is 4.00. The van der Waals surface area contributed by atoms with Gasteiger partial charge >= 0.3 is 0 Å². The SMILES string of the molecule is Cc1cc(Br)c(F)cc1NC(=O)c1ccnc(F)c1F. The lowest BCUT2D eigenvalue weighted by Gasteiger charge is -2.10. The monoisotopic (exact) mass is 344 g/mol. The van der Waals surface area contributed by atoms with Crippen LogP contribution in [-0.2, 0) is 0 Å². The maximum absolute atomic E-state index is 13.4. The average Bonchev–Trinajstić information content (AvgIpc) is 2.39. The Kier molecular flexibility index (Phi) is 4.08. The molecule has 0 atom stereocenters. The number of carbonyl (C=O) groups is 1. The van der Waals surface area contributed by atoms with Crippen LogP contribution < -0.4 is 5.32 Å². The topological polar surface area (TPSA) is 42.0 Å². The Morgan fingerprint density at radius 3 is 2.70 bits per heavy atom. The van der Waals surface area contributed by atoms with Crippen LogP contribution in [0.1, 0.15) is 15.9 Å². The van der Waals surface area contributed by atoms with Gasteiger partial charge in [-0.25, -0.2) is 13.8 Å². The van der Waals surface area contributed by atoms with Crippen molar-refractivity contribution >= 4 is 27.5 Å². The van der Waals surface area contributed by atoms with E-state index in [4.69, 9.17) is 0 Å². The zero-order chi connectivity index (χ0) is 14.9. The van der Waals surface area contributed by atoms with Crippen LogP contribution in [0.15, 0.2) is 28.9 Å². The number of pyridine rings is 1. The van der Waals surface area contributed by atoms with E-state index in [0.29, 0.717) is 5.56 Å². The van der Waals surface area contributed by atoms with Gasteiger partial charge < -0.3 is 5.32 Å². The fourth-order valence-electron chi connectivity index (χ4n) is 1.56. The minimum Gasteiger partial charge on any atom is -0.322 e. The Balaban J connectivity index is 2.33. The maximum Gasteiger partial charge on any atom is 0.258 e. The van der Waals surface area contributed by atoms with Crippen molar-refractivity contribution in [2.24, 2.45) is 0 Å². The first-order valence-electron chi connectivity index (χ1n) is 5.47. The van der Waals surface area contributed by atoms with E-state index in [0.717, 1.165) is 18.3 Å². The number of halogens is 4. The highest BCUT2D eigenvalue weighted by atomic mass is 79.9. The van der Waals surface area contributed by atoms with E-state index >= 15 is 0 Å². The molecule has 0 aliphatic carbocycles. The van der Waals surface area contributed by atoms with Crippen molar-refractivity contribution in [1.29, 1.82) is 0 Å². The summed E-state index contributed by atoms with van der Waals surface area (Å²) in [5, 5.41) is 2.33. The van der Waals surface area contributed by atoms with Crippen LogP contribution in [0, 0.1) is 24.5 Å². The van der Waals surface area contributed by atoms with E-state index in [1.165, 1.54) is 6.07 Å². The first kappa shape index (κ1) is 14.5. The van der Waals surface area contributed by atoms with Crippen LogP contribution in [0.4, 0.5) is 18.9 Å². The number of rotatable bonds is 2. The molecular formula is C13H8BrF3N2O. The summed E-state index contributed by atoms with van der Waals surface area (Å²) in [6.45, 7) is 1.64. The van der Waals surface area contributed by atoms with Gasteiger partial charge in [0.1, 0.15) is 5.82 Å². The van der Waals surface area contributed by atoms with Crippen LogP contribution in [-0.4, -0.2) is 10.9 Å². The second-order valence-corrected chi connectivity index (χ2v) is 4.85. The molecule has 0 aliphatic rings. The van der Waals surface area contributed by atoms with Crippen LogP contribution in [0.5, 0.6) is 0 Å². The lowest BCUT2D eigenvalue weighted by Crippen LogP contribution is -2.16. The molecule has 0 saturated heterocycles. The van der Waals surface area contributed by atoms with Crippen molar-refractivity contribution < 1.29 is 18.0 Å². The van der Waals surface area contributed by atoms with E-state index in [2.05, 4.69) is 26.2 Å². The van der Waals surface area contributed by atoms with E-state index in [1.54, 1.807) is 6.92 Å². The third kappa shape index (κ3) is 2.82. The third-order valence-corrected chi connectivity index (χ3v) is 3.21. The molecule has 104 valence electrons. The molecule has 1 aromatic carbocycles. The van der Waals surface area contributed by atoms with Gasteiger partial charge in [0.25, 0.3) is 5.91 Å². The summed E-state index contributed by atoms with van der Waals surface area (Å²) >= 11 is 3.01. The number of nitrogens with zero attached hydrogens (tertiary/aromatic N) is 1. The van der Waals surface area contributed by atoms with Gasteiger partial charge in [-0.05, 0) is 46.6 Å². The molecule has 0 fully saturated rings. The van der Waals surface area contributed by atoms with Gasteiger partial charge in [-0.3, -0.25) is 4.79 Å². The Morgan fingerprint density at radius 2 is 2.00 bits per heavy atom. The number of hydrogen-bond acceptors (Lipinski definition) is 2. The molecule has 1 heterocycles. The number of aryl methyl sites for hydroxylation is 1. The van der Waals surface area contributed by atoms with E-state index in [9.17, 15) is 18.0 Å². The molecule has 20 heavy (non-hydrogen) atoms. The smallest absolute Gasteiger partial charge is 0.258 e. The number of hydrogen-bond donors (Lipinski definition) is 1. The average molecular weight is 345 g/mol. The van der Waals surface area contributed by atoms with Gasteiger partial charge in [-0.15, -0.1) is 0 Å². The fraction of sp³-hybridized carbons (Fsp3) is 0.0769. The number of aromatic nitrogens is 1. The quantitative estimate of drug-likeness (QED) is 0.841. The van der Waals surface area contributed by atoms with Gasteiger partial charge in [0, 0.05) is 11.9 Å². The van der Waals surface area contributed by atoms with E-state index < -0.39 is 29.1 Å². The van der Waals surface area contributed by atoms with Gasteiger partial charge in [0.05, 0.1) is 10.0 Å². The molecule has 2 aromatic rings. The van der Waals surface area contributed by atoms with Gasteiger partial charge in [0.15, 0.2) is 5.82 Å². The first-order valence-corrected chi connectivity index (χ1v) is 6.26. The molecule has 0 radical (unpaired) electrons. The second kappa shape index (κ2) is 5.62. The molecule has 1 N–H and O–H groups in total. The maximum atomic E-state index is 13.4. The summed E-state index contributed by atoms with van der Waals surface area (Å²) in [5.41, 5.74) is 0.245.